The quantitative estimate of drug-likeness (QED) is 0.864. The molecule has 1 fully saturated rings. The molecular formula is C13H17N7O. The van der Waals surface area contributed by atoms with Crippen molar-refractivity contribution in [2.45, 2.75) is 19.8 Å². The maximum absolute atomic E-state index is 12.2. The number of hydrogen-bond acceptors (Lipinski definition) is 6. The first kappa shape index (κ1) is 13.5. The Kier molecular flexibility index (Phi) is 3.76. The van der Waals surface area contributed by atoms with E-state index in [0.717, 1.165) is 30.9 Å². The van der Waals surface area contributed by atoms with Gasteiger partial charge in [-0.3, -0.25) is 10.1 Å². The van der Waals surface area contributed by atoms with E-state index in [9.17, 15) is 4.79 Å². The summed E-state index contributed by atoms with van der Waals surface area (Å²) in [6, 6.07) is 3.87. The van der Waals surface area contributed by atoms with Crippen molar-refractivity contribution in [3.05, 3.63) is 24.2 Å². The molecule has 1 amide bonds. The number of nitrogens with zero attached hydrogens (tertiary/aromatic N) is 5. The molecule has 0 aromatic carbocycles. The smallest absolute Gasteiger partial charge is 0.231 e. The molecule has 2 aromatic rings. The van der Waals surface area contributed by atoms with Gasteiger partial charge in [-0.1, -0.05) is 0 Å². The van der Waals surface area contributed by atoms with Crippen molar-refractivity contribution >= 4 is 17.7 Å². The zero-order valence-electron chi connectivity index (χ0n) is 11.8. The highest BCUT2D eigenvalue weighted by Gasteiger charge is 2.27. The number of aryl methyl sites for hydroxylation is 1. The lowest BCUT2D eigenvalue weighted by atomic mass is 9.97. The topological polar surface area (TPSA) is 99.7 Å². The van der Waals surface area contributed by atoms with Crippen LogP contribution in [0.5, 0.6) is 0 Å². The van der Waals surface area contributed by atoms with Crippen LogP contribution in [0.3, 0.4) is 0 Å². The fourth-order valence-electron chi connectivity index (χ4n) is 2.44. The van der Waals surface area contributed by atoms with Crippen molar-refractivity contribution < 1.29 is 4.79 Å². The van der Waals surface area contributed by atoms with Gasteiger partial charge in [-0.25, -0.2) is 5.10 Å². The van der Waals surface area contributed by atoms with Crippen LogP contribution in [0.25, 0.3) is 0 Å². The molecule has 1 saturated heterocycles. The molecule has 3 rings (SSSR count). The Hall–Kier alpha value is -2.51. The van der Waals surface area contributed by atoms with E-state index in [1.807, 2.05) is 19.1 Å². The Morgan fingerprint density at radius 1 is 1.43 bits per heavy atom. The van der Waals surface area contributed by atoms with Crippen molar-refractivity contribution in [1.82, 2.24) is 25.4 Å². The number of aromatic amines is 1. The molecule has 0 radical (unpaired) electrons. The van der Waals surface area contributed by atoms with E-state index in [2.05, 4.69) is 35.6 Å². The average molecular weight is 287 g/mol. The highest BCUT2D eigenvalue weighted by atomic mass is 16.2. The molecular weight excluding hydrogens is 270 g/mol. The Morgan fingerprint density at radius 2 is 2.33 bits per heavy atom. The van der Waals surface area contributed by atoms with Gasteiger partial charge in [0, 0.05) is 13.1 Å². The molecule has 8 heteroatoms. The fraction of sp³-hybridized carbons (Fsp3) is 0.462. The molecule has 3 heterocycles. The monoisotopic (exact) mass is 287 g/mol. The number of amides is 1. The number of hydrogen-bond donors (Lipinski definition) is 2. The molecule has 1 aliphatic rings. The van der Waals surface area contributed by atoms with Crippen LogP contribution in [0, 0.1) is 12.8 Å². The van der Waals surface area contributed by atoms with Gasteiger partial charge < -0.3 is 4.90 Å². The molecule has 0 aliphatic carbocycles. The van der Waals surface area contributed by atoms with Crippen LogP contribution in [0.4, 0.5) is 11.8 Å². The summed E-state index contributed by atoms with van der Waals surface area (Å²) >= 11 is 0. The van der Waals surface area contributed by atoms with Crippen LogP contribution in [-0.4, -0.2) is 44.4 Å². The molecule has 110 valence electrons. The lowest BCUT2D eigenvalue weighted by Gasteiger charge is -2.32. The molecule has 21 heavy (non-hydrogen) atoms. The molecule has 2 aromatic heterocycles. The predicted molar refractivity (Wildman–Crippen MR) is 76.7 cm³/mol. The highest BCUT2D eigenvalue weighted by Crippen LogP contribution is 2.22. The molecule has 0 saturated carbocycles. The SMILES string of the molecule is Cc1ccc(N2CCCC(C(=O)Nc3ncn[nH]3)C2)nn1. The summed E-state index contributed by atoms with van der Waals surface area (Å²) in [7, 11) is 0. The van der Waals surface area contributed by atoms with Gasteiger partial charge in [-0.05, 0) is 31.9 Å². The summed E-state index contributed by atoms with van der Waals surface area (Å²) in [5.74, 6) is 1.06. The molecule has 0 spiro atoms. The minimum absolute atomic E-state index is 0.0449. The van der Waals surface area contributed by atoms with Gasteiger partial charge in [0.15, 0.2) is 5.82 Å². The summed E-state index contributed by atoms with van der Waals surface area (Å²) < 4.78 is 0. The molecule has 1 atom stereocenters. The highest BCUT2D eigenvalue weighted by molar-refractivity contribution is 5.91. The normalized spacial score (nSPS) is 18.5. The van der Waals surface area contributed by atoms with E-state index < -0.39 is 0 Å². The number of nitrogens with one attached hydrogen (secondary N) is 2. The lowest BCUT2D eigenvalue weighted by Crippen LogP contribution is -2.41. The molecule has 2 N–H and O–H groups in total. The maximum atomic E-state index is 12.2. The van der Waals surface area contributed by atoms with Gasteiger partial charge in [-0.15, -0.1) is 5.10 Å². The van der Waals surface area contributed by atoms with Gasteiger partial charge in [-0.2, -0.15) is 15.2 Å². The van der Waals surface area contributed by atoms with Gasteiger partial charge in [0.1, 0.15) is 6.33 Å². The van der Waals surface area contributed by atoms with Crippen molar-refractivity contribution in [1.29, 1.82) is 0 Å². The molecule has 8 nitrogen and oxygen atoms in total. The van der Waals surface area contributed by atoms with Crippen LogP contribution in [-0.2, 0) is 4.79 Å². The van der Waals surface area contributed by atoms with E-state index in [0.29, 0.717) is 12.5 Å². The van der Waals surface area contributed by atoms with Crippen molar-refractivity contribution in [3.63, 3.8) is 0 Å². The average Bonchev–Trinajstić information content (AvgIpc) is 3.01. The summed E-state index contributed by atoms with van der Waals surface area (Å²) in [5, 5.41) is 17.3. The zero-order chi connectivity index (χ0) is 14.7. The maximum Gasteiger partial charge on any atom is 0.231 e. The third-order valence-electron chi connectivity index (χ3n) is 3.56. The van der Waals surface area contributed by atoms with Crippen LogP contribution in [0.1, 0.15) is 18.5 Å². The minimum Gasteiger partial charge on any atom is -0.354 e. The zero-order valence-corrected chi connectivity index (χ0v) is 11.8. The number of H-pyrrole nitrogens is 1. The van der Waals surface area contributed by atoms with Gasteiger partial charge in [0.2, 0.25) is 11.9 Å². The predicted octanol–water partition coefficient (Wildman–Crippen LogP) is 0.758. The lowest BCUT2D eigenvalue weighted by molar-refractivity contribution is -0.120. The van der Waals surface area contributed by atoms with Crippen molar-refractivity contribution in [2.24, 2.45) is 5.92 Å². The first-order valence-electron chi connectivity index (χ1n) is 6.94. The van der Waals surface area contributed by atoms with E-state index >= 15 is 0 Å². The van der Waals surface area contributed by atoms with Gasteiger partial charge in [0.05, 0.1) is 11.6 Å². The number of piperidine rings is 1. The van der Waals surface area contributed by atoms with E-state index in [1.54, 1.807) is 0 Å². The van der Waals surface area contributed by atoms with Crippen LogP contribution < -0.4 is 10.2 Å². The second-order valence-corrected chi connectivity index (χ2v) is 5.14. The second-order valence-electron chi connectivity index (χ2n) is 5.14. The Labute approximate surface area is 122 Å². The summed E-state index contributed by atoms with van der Waals surface area (Å²) in [6.07, 6.45) is 3.17. The van der Waals surface area contributed by atoms with E-state index in [4.69, 9.17) is 0 Å². The minimum atomic E-state index is -0.0908. The summed E-state index contributed by atoms with van der Waals surface area (Å²) in [5.41, 5.74) is 0.885. The van der Waals surface area contributed by atoms with E-state index in [-0.39, 0.29) is 11.8 Å². The third kappa shape index (κ3) is 3.15. The number of anilines is 2. The number of aromatic nitrogens is 5. The largest absolute Gasteiger partial charge is 0.354 e. The summed E-state index contributed by atoms with van der Waals surface area (Å²) in [6.45, 7) is 3.43. The molecule has 1 aliphatic heterocycles. The van der Waals surface area contributed by atoms with Gasteiger partial charge in [0.25, 0.3) is 0 Å². The Morgan fingerprint density at radius 3 is 3.05 bits per heavy atom. The van der Waals surface area contributed by atoms with Crippen molar-refractivity contribution in [3.8, 4) is 0 Å². The Balaban J connectivity index is 1.65. The third-order valence-corrected chi connectivity index (χ3v) is 3.56. The van der Waals surface area contributed by atoms with E-state index in [1.165, 1.54) is 6.33 Å². The first-order chi connectivity index (χ1) is 10.2. The fourth-order valence-corrected chi connectivity index (χ4v) is 2.44. The Bertz CT molecular complexity index is 595. The van der Waals surface area contributed by atoms with Crippen LogP contribution >= 0.6 is 0 Å². The summed E-state index contributed by atoms with van der Waals surface area (Å²) in [4.78, 5) is 18.2. The molecule has 0 bridgehead atoms. The standard InChI is InChI=1S/C13H17N7O/c1-9-4-5-11(18-17-9)20-6-2-3-10(7-20)12(21)16-13-14-8-15-19-13/h4-5,8,10H,2-3,6-7H2,1H3,(H2,14,15,16,19,21). The van der Waals surface area contributed by atoms with Crippen LogP contribution in [0.15, 0.2) is 18.5 Å². The number of carbonyl (C=O) groups is 1. The molecule has 1 unspecified atom stereocenters. The number of carbonyl (C=O) groups excluding carboxylic acids is 1. The second kappa shape index (κ2) is 5.86. The van der Waals surface area contributed by atoms with Crippen LogP contribution in [0.2, 0.25) is 0 Å². The van der Waals surface area contributed by atoms with Crippen molar-refractivity contribution in [2.75, 3.05) is 23.3 Å². The number of rotatable bonds is 3. The van der Waals surface area contributed by atoms with Gasteiger partial charge >= 0.3 is 0 Å². The first-order valence-corrected chi connectivity index (χ1v) is 6.94.